The summed E-state index contributed by atoms with van der Waals surface area (Å²) in [6, 6.07) is 7.22. The van der Waals surface area contributed by atoms with Gasteiger partial charge in [0.1, 0.15) is 0 Å². The van der Waals surface area contributed by atoms with Crippen LogP contribution in [0.1, 0.15) is 25.3 Å². The number of anilines is 1. The Morgan fingerprint density at radius 3 is 3.31 bits per heavy atom. The van der Waals surface area contributed by atoms with Crippen molar-refractivity contribution in [1.29, 1.82) is 0 Å². The molecule has 1 atom stereocenters. The van der Waals surface area contributed by atoms with Crippen LogP contribution in [0, 0.1) is 0 Å². The van der Waals surface area contributed by atoms with Gasteiger partial charge in [0, 0.05) is 28.9 Å². The van der Waals surface area contributed by atoms with E-state index in [9.17, 15) is 0 Å². The number of benzene rings is 1. The summed E-state index contributed by atoms with van der Waals surface area (Å²) < 4.78 is 40.0. The standard InChI is InChI=1S/C14H20N2/c1-15-9-4-6-13(15)11-16-10-8-12-5-2-3-7-14(12)16/h2-3,5,7,13H,4,6,8-11H2,1H3/t13-/m1/s1/i1D3,11D2. The molecule has 0 bridgehead atoms. The third kappa shape index (κ3) is 1.71. The lowest BCUT2D eigenvalue weighted by atomic mass is 10.1. The summed E-state index contributed by atoms with van der Waals surface area (Å²) in [6.07, 6.45) is 2.14. The fourth-order valence-corrected chi connectivity index (χ4v) is 2.55. The lowest BCUT2D eigenvalue weighted by Crippen LogP contribution is -2.37. The average molecular weight is 221 g/mol. The predicted molar refractivity (Wildman–Crippen MR) is 68.0 cm³/mol. The zero-order chi connectivity index (χ0) is 15.3. The molecule has 0 saturated carbocycles. The minimum absolute atomic E-state index is 0.441. The Morgan fingerprint density at radius 1 is 1.44 bits per heavy atom. The van der Waals surface area contributed by atoms with E-state index in [2.05, 4.69) is 0 Å². The van der Waals surface area contributed by atoms with Crippen molar-refractivity contribution in [3.8, 4) is 0 Å². The first-order valence-corrected chi connectivity index (χ1v) is 5.94. The van der Waals surface area contributed by atoms with Crippen LogP contribution in [0.2, 0.25) is 0 Å². The molecule has 0 N–H and O–H groups in total. The largest absolute Gasteiger partial charge is 0.369 e. The van der Waals surface area contributed by atoms with E-state index in [0.29, 0.717) is 19.5 Å². The molecule has 1 aromatic rings. The van der Waals surface area contributed by atoms with Gasteiger partial charge in [0.25, 0.3) is 0 Å². The fraction of sp³-hybridized carbons (Fsp3) is 0.571. The van der Waals surface area contributed by atoms with Gasteiger partial charge in [0.2, 0.25) is 0 Å². The van der Waals surface area contributed by atoms with Gasteiger partial charge >= 0.3 is 0 Å². The SMILES string of the molecule is [2H]C([2H])([2H])N1CCC[C@@H]1C([2H])([2H])N1CCc2ccccc21. The average Bonchev–Trinajstić information content (AvgIpc) is 3.05. The van der Waals surface area contributed by atoms with Gasteiger partial charge in [-0.15, -0.1) is 0 Å². The molecule has 16 heavy (non-hydrogen) atoms. The molecule has 0 unspecified atom stereocenters. The van der Waals surface area contributed by atoms with Gasteiger partial charge < -0.3 is 9.80 Å². The van der Waals surface area contributed by atoms with Crippen molar-refractivity contribution in [3.05, 3.63) is 29.8 Å². The maximum absolute atomic E-state index is 8.56. The van der Waals surface area contributed by atoms with Crippen molar-refractivity contribution >= 4 is 5.69 Å². The van der Waals surface area contributed by atoms with Crippen molar-refractivity contribution in [1.82, 2.24) is 4.90 Å². The first-order chi connectivity index (χ1) is 9.82. The van der Waals surface area contributed by atoms with Gasteiger partial charge in [-0.2, -0.15) is 0 Å². The number of likely N-dealkylation sites (N-methyl/N-ethyl adjacent to an activating group) is 1. The van der Waals surface area contributed by atoms with Gasteiger partial charge in [0.15, 0.2) is 0 Å². The van der Waals surface area contributed by atoms with E-state index >= 15 is 0 Å². The highest BCUT2D eigenvalue weighted by Gasteiger charge is 2.26. The highest BCUT2D eigenvalue weighted by atomic mass is 15.2. The van der Waals surface area contributed by atoms with E-state index in [-0.39, 0.29) is 0 Å². The quantitative estimate of drug-likeness (QED) is 0.755. The molecule has 0 aromatic heterocycles. The zero-order valence-electron chi connectivity index (χ0n) is 14.3. The smallest absolute Gasteiger partial charge is 0.0509 e. The van der Waals surface area contributed by atoms with Crippen LogP contribution in [-0.4, -0.2) is 37.5 Å². The summed E-state index contributed by atoms with van der Waals surface area (Å²) in [6.45, 7) is -2.85. The Morgan fingerprint density at radius 2 is 2.38 bits per heavy atom. The topological polar surface area (TPSA) is 6.48 Å². The molecule has 0 radical (unpaired) electrons. The molecule has 0 aliphatic carbocycles. The van der Waals surface area contributed by atoms with Crippen molar-refractivity contribution in [2.45, 2.75) is 25.3 Å². The molecular weight excluding hydrogens is 196 g/mol. The fourth-order valence-electron chi connectivity index (χ4n) is 2.55. The van der Waals surface area contributed by atoms with E-state index in [1.807, 2.05) is 24.3 Å². The molecule has 1 aromatic carbocycles. The van der Waals surface area contributed by atoms with Crippen LogP contribution < -0.4 is 4.90 Å². The van der Waals surface area contributed by atoms with E-state index < -0.39 is 19.5 Å². The summed E-state index contributed by atoms with van der Waals surface area (Å²) in [4.78, 5) is 3.10. The number of likely N-dealkylation sites (tertiary alicyclic amines) is 1. The number of rotatable bonds is 2. The maximum Gasteiger partial charge on any atom is 0.0509 e. The van der Waals surface area contributed by atoms with Gasteiger partial charge in [-0.25, -0.2) is 0 Å². The summed E-state index contributed by atoms with van der Waals surface area (Å²) >= 11 is 0. The summed E-state index contributed by atoms with van der Waals surface area (Å²) in [5, 5.41) is 0. The van der Waals surface area contributed by atoms with E-state index in [1.165, 1.54) is 4.90 Å². The van der Waals surface area contributed by atoms with Gasteiger partial charge in [0.05, 0.1) is 2.74 Å². The highest BCUT2D eigenvalue weighted by Crippen LogP contribution is 2.29. The van der Waals surface area contributed by atoms with Crippen LogP contribution >= 0.6 is 0 Å². The third-order valence-corrected chi connectivity index (χ3v) is 3.44. The van der Waals surface area contributed by atoms with Crippen LogP contribution in [0.5, 0.6) is 0 Å². The lowest BCUT2D eigenvalue weighted by molar-refractivity contribution is 0.313. The normalized spacial score (nSPS) is 31.4. The first-order valence-electron chi connectivity index (χ1n) is 8.44. The van der Waals surface area contributed by atoms with Gasteiger partial charge in [-0.1, -0.05) is 18.2 Å². The molecule has 2 nitrogen and oxygen atoms in total. The second-order valence-electron chi connectivity index (χ2n) is 4.51. The maximum atomic E-state index is 8.56. The minimum atomic E-state index is -2.23. The molecule has 3 rings (SSSR count). The Kier molecular flexibility index (Phi) is 1.55. The number of fused-ring (bicyclic) bond motifs is 1. The van der Waals surface area contributed by atoms with E-state index in [4.69, 9.17) is 6.85 Å². The van der Waals surface area contributed by atoms with Gasteiger partial charge in [-0.05, 0) is 44.4 Å². The third-order valence-electron chi connectivity index (χ3n) is 3.44. The summed E-state index contributed by atoms with van der Waals surface area (Å²) in [7, 11) is 0. The van der Waals surface area contributed by atoms with Crippen molar-refractivity contribution < 1.29 is 6.85 Å². The zero-order valence-corrected chi connectivity index (χ0v) is 9.32. The minimum Gasteiger partial charge on any atom is -0.369 e. The molecule has 1 fully saturated rings. The van der Waals surface area contributed by atoms with Crippen LogP contribution in [0.15, 0.2) is 24.3 Å². The van der Waals surface area contributed by atoms with E-state index in [0.717, 1.165) is 24.1 Å². The highest BCUT2D eigenvalue weighted by molar-refractivity contribution is 5.57. The summed E-state index contributed by atoms with van der Waals surface area (Å²) in [5.74, 6) is 0. The Hall–Kier alpha value is -1.02. The molecule has 1 saturated heterocycles. The van der Waals surface area contributed by atoms with Crippen LogP contribution in [0.4, 0.5) is 5.69 Å². The van der Waals surface area contributed by atoms with Crippen LogP contribution in [0.25, 0.3) is 0 Å². The van der Waals surface area contributed by atoms with E-state index in [1.54, 1.807) is 4.90 Å². The molecule has 0 spiro atoms. The second kappa shape index (κ2) is 4.10. The summed E-state index contributed by atoms with van der Waals surface area (Å²) in [5.41, 5.74) is 2.04. The lowest BCUT2D eigenvalue weighted by Gasteiger charge is -2.27. The number of hydrogen-bond acceptors (Lipinski definition) is 2. The number of hydrogen-bond donors (Lipinski definition) is 0. The molecule has 0 amide bonds. The molecule has 2 heterocycles. The van der Waals surface area contributed by atoms with Crippen molar-refractivity contribution in [3.63, 3.8) is 0 Å². The van der Waals surface area contributed by atoms with Gasteiger partial charge in [-0.3, -0.25) is 0 Å². The van der Waals surface area contributed by atoms with Crippen LogP contribution in [-0.2, 0) is 6.42 Å². The Labute approximate surface area is 105 Å². The molecule has 2 aliphatic rings. The number of nitrogens with zero attached hydrogens (tertiary/aromatic N) is 2. The number of para-hydroxylation sites is 1. The molecule has 86 valence electrons. The molecule has 2 aliphatic heterocycles. The van der Waals surface area contributed by atoms with Crippen molar-refractivity contribution in [2.24, 2.45) is 0 Å². The predicted octanol–water partition coefficient (Wildman–Crippen LogP) is 2.14. The Bertz CT molecular complexity index is 528. The first kappa shape index (κ1) is 6.06. The molecular formula is C14H20N2. The van der Waals surface area contributed by atoms with Crippen LogP contribution in [0.3, 0.4) is 0 Å². The monoisotopic (exact) mass is 221 g/mol. The molecule has 2 heteroatoms. The Balaban J connectivity index is 1.91. The second-order valence-corrected chi connectivity index (χ2v) is 4.51. The van der Waals surface area contributed by atoms with Crippen molar-refractivity contribution in [2.75, 3.05) is 31.5 Å².